The number of benzene rings is 1. The summed E-state index contributed by atoms with van der Waals surface area (Å²) in [5.74, 6) is -2.53. The van der Waals surface area contributed by atoms with Crippen LogP contribution in [0.4, 0.5) is 19.0 Å². The Kier molecular flexibility index (Phi) is 9.82. The minimum atomic E-state index is -4.56. The van der Waals surface area contributed by atoms with Crippen LogP contribution < -0.4 is 9.62 Å². The van der Waals surface area contributed by atoms with Crippen molar-refractivity contribution in [2.45, 2.75) is 64.1 Å². The third kappa shape index (κ3) is 8.04. The van der Waals surface area contributed by atoms with E-state index in [1.165, 1.54) is 6.07 Å². The summed E-state index contributed by atoms with van der Waals surface area (Å²) in [7, 11) is -4.18. The summed E-state index contributed by atoms with van der Waals surface area (Å²) in [4.78, 5) is 46.0. The maximum atomic E-state index is 12.9. The second-order valence-corrected chi connectivity index (χ2v) is 12.7. The van der Waals surface area contributed by atoms with E-state index in [0.717, 1.165) is 24.3 Å². The van der Waals surface area contributed by atoms with Gasteiger partial charge < -0.3 is 14.5 Å². The van der Waals surface area contributed by atoms with Gasteiger partial charge in [0.25, 0.3) is 0 Å². The second kappa shape index (κ2) is 13.2. The number of anilines is 1. The maximum absolute atomic E-state index is 12.9. The molecule has 236 valence electrons. The van der Waals surface area contributed by atoms with Crippen LogP contribution in [-0.4, -0.2) is 61.8 Å². The van der Waals surface area contributed by atoms with Crippen LogP contribution in [0.3, 0.4) is 0 Å². The lowest BCUT2D eigenvalue weighted by molar-refractivity contribution is -0.137. The maximum Gasteiger partial charge on any atom is 0.416 e. The van der Waals surface area contributed by atoms with Crippen LogP contribution in [0.5, 0.6) is 0 Å². The number of carbonyl (C=O) groups excluding carboxylic acids is 3. The molecule has 2 aliphatic heterocycles. The molecule has 44 heavy (non-hydrogen) atoms. The molecule has 1 aromatic heterocycles. The number of esters is 1. The topological polar surface area (TPSA) is 150 Å². The lowest BCUT2D eigenvalue weighted by atomic mass is 9.96. The summed E-state index contributed by atoms with van der Waals surface area (Å²) < 4.78 is 70.9. The van der Waals surface area contributed by atoms with Crippen molar-refractivity contribution in [2.75, 3.05) is 24.5 Å². The summed E-state index contributed by atoms with van der Waals surface area (Å²) >= 11 is 0. The fourth-order valence-electron chi connectivity index (χ4n) is 5.13. The number of rotatable bonds is 9. The van der Waals surface area contributed by atoms with E-state index < -0.39 is 51.4 Å². The van der Waals surface area contributed by atoms with Gasteiger partial charge in [0.15, 0.2) is 0 Å². The van der Waals surface area contributed by atoms with Gasteiger partial charge >= 0.3 is 12.1 Å². The molecule has 0 bridgehead atoms. The van der Waals surface area contributed by atoms with Gasteiger partial charge in [-0.3, -0.25) is 14.3 Å². The number of alkyl halides is 3. The van der Waals surface area contributed by atoms with Gasteiger partial charge in [-0.15, -0.1) is 0 Å². The lowest BCUT2D eigenvalue weighted by Crippen LogP contribution is -2.43. The molecule has 0 atom stereocenters. The van der Waals surface area contributed by atoms with Crippen molar-refractivity contribution in [3.63, 3.8) is 0 Å². The molecule has 4 rings (SSSR count). The first kappa shape index (κ1) is 32.7. The zero-order valence-corrected chi connectivity index (χ0v) is 25.0. The highest BCUT2D eigenvalue weighted by atomic mass is 32.2. The molecule has 1 N–H and O–H groups in total. The van der Waals surface area contributed by atoms with Gasteiger partial charge in [-0.05, 0) is 56.9 Å². The molecule has 0 aliphatic carbocycles. The van der Waals surface area contributed by atoms with Crippen molar-refractivity contribution in [1.82, 2.24) is 14.6 Å². The summed E-state index contributed by atoms with van der Waals surface area (Å²) in [5, 5.41) is 9.88. The molecule has 0 radical (unpaired) electrons. The predicted molar refractivity (Wildman–Crippen MR) is 151 cm³/mol. The minimum Gasteiger partial charge on any atom is -0.459 e. The van der Waals surface area contributed by atoms with Gasteiger partial charge in [0.2, 0.25) is 21.8 Å². The third-order valence-corrected chi connectivity index (χ3v) is 8.56. The number of nitrogens with one attached hydrogen (secondary N) is 1. The average Bonchev–Trinajstić information content (AvgIpc) is 3.35. The van der Waals surface area contributed by atoms with Crippen LogP contribution >= 0.6 is 0 Å². The number of sulfonamides is 1. The molecular formula is C29H32F3N5O6S. The normalized spacial score (nSPS) is 16.2. The first-order chi connectivity index (χ1) is 20.7. The first-order valence-corrected chi connectivity index (χ1v) is 15.7. The molecule has 0 spiro atoms. The smallest absolute Gasteiger partial charge is 0.416 e. The molecule has 2 fully saturated rings. The van der Waals surface area contributed by atoms with Crippen LogP contribution in [0.15, 0.2) is 30.3 Å². The van der Waals surface area contributed by atoms with Gasteiger partial charge in [-0.1, -0.05) is 12.1 Å². The van der Waals surface area contributed by atoms with Crippen molar-refractivity contribution in [2.24, 2.45) is 5.92 Å². The van der Waals surface area contributed by atoms with Gasteiger partial charge in [0, 0.05) is 32.0 Å². The molecule has 0 unspecified atom stereocenters. The molecule has 15 heteroatoms. The monoisotopic (exact) mass is 635 g/mol. The fraction of sp³-hybridized carbons (Fsp3) is 0.483. The predicted octanol–water partition coefficient (Wildman–Crippen LogP) is 3.52. The summed E-state index contributed by atoms with van der Waals surface area (Å²) in [5.41, 5.74) is -0.333. The highest BCUT2D eigenvalue weighted by Crippen LogP contribution is 2.30. The molecule has 2 aliphatic rings. The van der Waals surface area contributed by atoms with E-state index in [2.05, 4.69) is 11.1 Å². The molecule has 2 saturated heterocycles. The van der Waals surface area contributed by atoms with E-state index in [0.29, 0.717) is 19.4 Å². The van der Waals surface area contributed by atoms with Crippen molar-refractivity contribution in [3.8, 4) is 6.07 Å². The van der Waals surface area contributed by atoms with Crippen molar-refractivity contribution in [1.29, 1.82) is 5.26 Å². The number of carbonyl (C=O) groups is 3. The molecular weight excluding hydrogens is 603 g/mol. The molecule has 11 nitrogen and oxygen atoms in total. The molecule has 3 heterocycles. The van der Waals surface area contributed by atoms with Crippen molar-refractivity contribution >= 4 is 33.6 Å². The van der Waals surface area contributed by atoms with Crippen molar-refractivity contribution in [3.05, 3.63) is 58.3 Å². The summed E-state index contributed by atoms with van der Waals surface area (Å²) in [6, 6.07) is 7.11. The largest absolute Gasteiger partial charge is 0.459 e. The Bertz CT molecular complexity index is 1560. The van der Waals surface area contributed by atoms with Gasteiger partial charge in [-0.2, -0.15) is 18.4 Å². The van der Waals surface area contributed by atoms with Gasteiger partial charge in [0.1, 0.15) is 11.9 Å². The second-order valence-electron chi connectivity index (χ2n) is 11.0. The fourth-order valence-corrected chi connectivity index (χ4v) is 6.30. The quantitative estimate of drug-likeness (QED) is 0.409. The van der Waals surface area contributed by atoms with Crippen LogP contribution in [0.25, 0.3) is 0 Å². The highest BCUT2D eigenvalue weighted by molar-refractivity contribution is 7.89. The van der Waals surface area contributed by atoms with Gasteiger partial charge in [-0.25, -0.2) is 18.2 Å². The minimum absolute atomic E-state index is 0.0652. The summed E-state index contributed by atoms with van der Waals surface area (Å²) in [6.45, 7) is 4.45. The first-order valence-electron chi connectivity index (χ1n) is 14.0. The number of aromatic nitrogens is 1. The van der Waals surface area contributed by atoms with Crippen LogP contribution in [0.1, 0.15) is 72.3 Å². The Hall–Kier alpha value is -4.19. The highest BCUT2D eigenvalue weighted by Gasteiger charge is 2.32. The summed E-state index contributed by atoms with van der Waals surface area (Å²) in [6.07, 6.45) is -3.44. The van der Waals surface area contributed by atoms with E-state index in [-0.39, 0.29) is 66.6 Å². The van der Waals surface area contributed by atoms with E-state index >= 15 is 0 Å². The van der Waals surface area contributed by atoms with E-state index in [1.54, 1.807) is 23.6 Å². The number of hydrogen-bond acceptors (Lipinski definition) is 9. The number of piperidine rings is 1. The van der Waals surface area contributed by atoms with E-state index in [1.807, 2.05) is 4.72 Å². The third-order valence-electron chi connectivity index (χ3n) is 7.34. The molecule has 0 saturated carbocycles. The zero-order chi connectivity index (χ0) is 32.2. The zero-order valence-electron chi connectivity index (χ0n) is 24.2. The number of halogens is 3. The number of nitriles is 1. The Morgan fingerprint density at radius 1 is 1.16 bits per heavy atom. The standard InChI is InChI=1S/C29H32F3N5O6S/c1-18(2)43-28(40)23-14-21(15-33)26(34-24(23)16-37-11-3-4-25(37)38)36-12-9-20(10-13-36)27(39)35-44(41,42)17-19-5-7-22(8-6-19)29(30,31)32/h5-8,14,18,20H,3-4,9-13,16-17H2,1-2H3,(H,35,39). The lowest BCUT2D eigenvalue weighted by Gasteiger charge is -2.33. The van der Waals surface area contributed by atoms with Gasteiger partial charge in [0.05, 0.1) is 40.8 Å². The Labute approximate surface area is 253 Å². The number of hydrogen-bond donors (Lipinski definition) is 1. The molecule has 1 aromatic carbocycles. The van der Waals surface area contributed by atoms with Crippen LogP contribution in [0.2, 0.25) is 0 Å². The molecule has 2 amide bonds. The number of ether oxygens (including phenoxy) is 1. The SMILES string of the molecule is CC(C)OC(=O)c1cc(C#N)c(N2CCC(C(=O)NS(=O)(=O)Cc3ccc(C(F)(F)F)cc3)CC2)nc1CN1CCCC1=O. The average molecular weight is 636 g/mol. The van der Waals surface area contributed by atoms with E-state index in [9.17, 15) is 41.2 Å². The number of pyridine rings is 1. The van der Waals surface area contributed by atoms with E-state index in [4.69, 9.17) is 4.74 Å². The van der Waals surface area contributed by atoms with Crippen molar-refractivity contribution < 1.29 is 40.7 Å². The number of amides is 2. The number of nitrogens with zero attached hydrogens (tertiary/aromatic N) is 4. The Morgan fingerprint density at radius 3 is 2.36 bits per heavy atom. The number of likely N-dealkylation sites (tertiary alicyclic amines) is 1. The molecule has 2 aromatic rings. The Balaban J connectivity index is 1.45. The van der Waals surface area contributed by atoms with Crippen LogP contribution in [0, 0.1) is 17.2 Å². The van der Waals surface area contributed by atoms with Crippen LogP contribution in [-0.2, 0) is 42.8 Å². The Morgan fingerprint density at radius 2 is 1.82 bits per heavy atom.